The van der Waals surface area contributed by atoms with Crippen LogP contribution in [0.3, 0.4) is 0 Å². The van der Waals surface area contributed by atoms with Crippen molar-refractivity contribution in [2.24, 2.45) is 0 Å². The van der Waals surface area contributed by atoms with Crippen molar-refractivity contribution in [3.63, 3.8) is 0 Å². The Morgan fingerprint density at radius 3 is 2.78 bits per heavy atom. The van der Waals surface area contributed by atoms with E-state index in [1.165, 1.54) is 24.0 Å². The number of aryl methyl sites for hydroxylation is 1. The third-order valence-corrected chi connectivity index (χ3v) is 3.99. The van der Waals surface area contributed by atoms with Crippen molar-refractivity contribution >= 4 is 12.2 Å². The van der Waals surface area contributed by atoms with Crippen molar-refractivity contribution < 1.29 is 0 Å². The molecule has 0 bridgehead atoms. The Morgan fingerprint density at radius 2 is 2.11 bits per heavy atom. The van der Waals surface area contributed by atoms with Crippen molar-refractivity contribution in [1.82, 2.24) is 14.8 Å². The second-order valence-electron chi connectivity index (χ2n) is 5.06. The average Bonchev–Trinajstić information content (AvgIpc) is 3.13. The van der Waals surface area contributed by atoms with Crippen LogP contribution in [0.4, 0.5) is 0 Å². The first-order valence-corrected chi connectivity index (χ1v) is 6.81. The third-order valence-electron chi connectivity index (χ3n) is 3.70. The van der Waals surface area contributed by atoms with Crippen LogP contribution in [0, 0.1) is 11.7 Å². The maximum absolute atomic E-state index is 5.38. The van der Waals surface area contributed by atoms with Crippen molar-refractivity contribution in [3.05, 3.63) is 46.0 Å². The molecule has 1 atom stereocenters. The molecule has 3 nitrogen and oxygen atoms in total. The molecule has 1 saturated carbocycles. The zero-order chi connectivity index (χ0) is 12.7. The number of rotatable bonds is 3. The number of hydrogen-bond donors (Lipinski definition) is 1. The smallest absolute Gasteiger partial charge is 0.195 e. The molecule has 18 heavy (non-hydrogen) atoms. The fourth-order valence-electron chi connectivity index (χ4n) is 2.52. The zero-order valence-corrected chi connectivity index (χ0v) is 11.5. The summed E-state index contributed by atoms with van der Waals surface area (Å²) in [5.74, 6) is 1.72. The third kappa shape index (κ3) is 1.90. The molecule has 1 aromatic carbocycles. The molecule has 0 radical (unpaired) electrons. The van der Waals surface area contributed by atoms with E-state index in [9.17, 15) is 0 Å². The molecule has 1 unspecified atom stereocenters. The molecular formula is C14H17N3S. The van der Waals surface area contributed by atoms with Crippen LogP contribution < -0.4 is 0 Å². The predicted octanol–water partition coefficient (Wildman–Crippen LogP) is 3.74. The molecule has 94 valence electrons. The molecule has 1 aromatic heterocycles. The van der Waals surface area contributed by atoms with Crippen molar-refractivity contribution in [2.45, 2.75) is 38.6 Å². The van der Waals surface area contributed by atoms with E-state index < -0.39 is 0 Å². The summed E-state index contributed by atoms with van der Waals surface area (Å²) in [6.07, 6.45) is 2.47. The van der Waals surface area contributed by atoms with E-state index in [2.05, 4.69) is 52.9 Å². The Hall–Kier alpha value is -1.42. The average molecular weight is 259 g/mol. The van der Waals surface area contributed by atoms with Gasteiger partial charge in [-0.3, -0.25) is 9.67 Å². The molecule has 1 aliphatic rings. The molecule has 1 N–H and O–H groups in total. The molecule has 4 heteroatoms. The molecular weight excluding hydrogens is 242 g/mol. The quantitative estimate of drug-likeness (QED) is 0.852. The lowest BCUT2D eigenvalue weighted by Gasteiger charge is -2.18. The van der Waals surface area contributed by atoms with Gasteiger partial charge in [0.15, 0.2) is 4.77 Å². The summed E-state index contributed by atoms with van der Waals surface area (Å²) in [5, 5.41) is 7.34. The van der Waals surface area contributed by atoms with Gasteiger partial charge in [0.2, 0.25) is 0 Å². The topological polar surface area (TPSA) is 33.6 Å². The molecule has 1 aliphatic carbocycles. The summed E-state index contributed by atoms with van der Waals surface area (Å²) >= 11 is 5.38. The first-order valence-electron chi connectivity index (χ1n) is 6.41. The van der Waals surface area contributed by atoms with E-state index in [0.717, 1.165) is 10.6 Å². The lowest BCUT2D eigenvalue weighted by molar-refractivity contribution is 0.593. The number of benzene rings is 1. The maximum atomic E-state index is 5.38. The van der Waals surface area contributed by atoms with Gasteiger partial charge in [0.25, 0.3) is 0 Å². The van der Waals surface area contributed by atoms with Gasteiger partial charge >= 0.3 is 0 Å². The van der Waals surface area contributed by atoms with E-state index in [4.69, 9.17) is 12.2 Å². The van der Waals surface area contributed by atoms with Crippen molar-refractivity contribution in [3.8, 4) is 0 Å². The Morgan fingerprint density at radius 1 is 1.39 bits per heavy atom. The Balaban J connectivity index is 2.07. The number of aromatic amines is 1. The van der Waals surface area contributed by atoms with Crippen LogP contribution in [0.15, 0.2) is 24.3 Å². The molecule has 3 rings (SSSR count). The fourth-order valence-corrected chi connectivity index (χ4v) is 2.81. The van der Waals surface area contributed by atoms with Gasteiger partial charge in [-0.2, -0.15) is 5.10 Å². The normalized spacial score (nSPS) is 16.8. The summed E-state index contributed by atoms with van der Waals surface area (Å²) in [7, 11) is 0. The summed E-state index contributed by atoms with van der Waals surface area (Å²) in [4.78, 5) is 0. The van der Waals surface area contributed by atoms with E-state index >= 15 is 0 Å². The first kappa shape index (κ1) is 11.7. The van der Waals surface area contributed by atoms with Crippen LogP contribution in [0.1, 0.15) is 48.7 Å². The van der Waals surface area contributed by atoms with Gasteiger partial charge in [0, 0.05) is 5.92 Å². The van der Waals surface area contributed by atoms with Crippen LogP contribution >= 0.6 is 12.2 Å². The Bertz CT molecular complexity index is 622. The SMILES string of the molecule is Cc1ccccc1C(C)n1c(C2CC2)n[nH]c1=S. The largest absolute Gasteiger partial charge is 0.297 e. The van der Waals surface area contributed by atoms with E-state index in [0.29, 0.717) is 5.92 Å². The summed E-state index contributed by atoms with van der Waals surface area (Å²) in [6, 6.07) is 8.71. The highest BCUT2D eigenvalue weighted by Crippen LogP contribution is 2.40. The minimum Gasteiger partial charge on any atom is -0.297 e. The fraction of sp³-hybridized carbons (Fsp3) is 0.429. The molecule has 0 saturated heterocycles. The van der Waals surface area contributed by atoms with Crippen LogP contribution in [0.25, 0.3) is 0 Å². The van der Waals surface area contributed by atoms with Crippen LogP contribution in [-0.2, 0) is 0 Å². The van der Waals surface area contributed by atoms with Crippen LogP contribution in [0.2, 0.25) is 0 Å². The second kappa shape index (κ2) is 4.35. The highest BCUT2D eigenvalue weighted by atomic mass is 32.1. The molecule has 0 aliphatic heterocycles. The molecule has 1 fully saturated rings. The van der Waals surface area contributed by atoms with Gasteiger partial charge < -0.3 is 0 Å². The summed E-state index contributed by atoms with van der Waals surface area (Å²) in [5.41, 5.74) is 2.62. The zero-order valence-electron chi connectivity index (χ0n) is 10.7. The first-order chi connectivity index (χ1) is 8.68. The summed E-state index contributed by atoms with van der Waals surface area (Å²) < 4.78 is 2.91. The van der Waals surface area contributed by atoms with Gasteiger partial charge in [-0.05, 0) is 50.0 Å². The minimum absolute atomic E-state index is 0.244. The Labute approximate surface area is 112 Å². The van der Waals surface area contributed by atoms with Crippen LogP contribution in [-0.4, -0.2) is 14.8 Å². The standard InChI is InChI=1S/C14H17N3S/c1-9-5-3-4-6-12(9)10(2)17-13(11-7-8-11)15-16-14(17)18/h3-6,10-11H,7-8H2,1-2H3,(H,16,18). The maximum Gasteiger partial charge on any atom is 0.195 e. The minimum atomic E-state index is 0.244. The van der Waals surface area contributed by atoms with Gasteiger partial charge in [-0.15, -0.1) is 0 Å². The van der Waals surface area contributed by atoms with Crippen molar-refractivity contribution in [2.75, 3.05) is 0 Å². The number of hydrogen-bond acceptors (Lipinski definition) is 2. The summed E-state index contributed by atoms with van der Waals surface area (Å²) in [6.45, 7) is 4.34. The number of nitrogens with zero attached hydrogens (tertiary/aromatic N) is 2. The highest BCUT2D eigenvalue weighted by Gasteiger charge is 2.30. The number of aromatic nitrogens is 3. The molecule has 2 aromatic rings. The van der Waals surface area contributed by atoms with E-state index in [1.54, 1.807) is 0 Å². The van der Waals surface area contributed by atoms with Gasteiger partial charge in [-0.25, -0.2) is 0 Å². The van der Waals surface area contributed by atoms with Gasteiger partial charge in [0.05, 0.1) is 6.04 Å². The molecule has 0 amide bonds. The monoisotopic (exact) mass is 259 g/mol. The van der Waals surface area contributed by atoms with E-state index in [-0.39, 0.29) is 6.04 Å². The van der Waals surface area contributed by atoms with E-state index in [1.807, 2.05) is 0 Å². The molecule has 1 heterocycles. The number of nitrogens with one attached hydrogen (secondary N) is 1. The lowest BCUT2D eigenvalue weighted by Crippen LogP contribution is -2.11. The number of H-pyrrole nitrogens is 1. The van der Waals surface area contributed by atoms with Gasteiger partial charge in [0.1, 0.15) is 5.82 Å². The second-order valence-corrected chi connectivity index (χ2v) is 5.45. The highest BCUT2D eigenvalue weighted by molar-refractivity contribution is 7.71. The predicted molar refractivity (Wildman–Crippen MR) is 74.4 cm³/mol. The molecule has 0 spiro atoms. The Kier molecular flexibility index (Phi) is 2.82. The van der Waals surface area contributed by atoms with Gasteiger partial charge in [-0.1, -0.05) is 24.3 Å². The van der Waals surface area contributed by atoms with Crippen LogP contribution in [0.5, 0.6) is 0 Å². The lowest BCUT2D eigenvalue weighted by atomic mass is 10.0. The van der Waals surface area contributed by atoms with Crippen molar-refractivity contribution in [1.29, 1.82) is 0 Å².